The summed E-state index contributed by atoms with van der Waals surface area (Å²) in [4.78, 5) is 4.06. The van der Waals surface area contributed by atoms with Gasteiger partial charge in [-0.15, -0.1) is 0 Å². The average Bonchev–Trinajstić information content (AvgIpc) is 2.90. The van der Waals surface area contributed by atoms with Gasteiger partial charge in [0.25, 0.3) is 0 Å². The number of hydrogen-bond acceptors (Lipinski definition) is 3. The van der Waals surface area contributed by atoms with Gasteiger partial charge in [-0.1, -0.05) is 18.2 Å². The van der Waals surface area contributed by atoms with Crippen LogP contribution in [0.25, 0.3) is 22.4 Å². The van der Waals surface area contributed by atoms with Gasteiger partial charge < -0.3 is 5.73 Å². The van der Waals surface area contributed by atoms with Crippen LogP contribution in [0.5, 0.6) is 0 Å². The van der Waals surface area contributed by atoms with Crippen LogP contribution in [-0.2, 0) is 13.6 Å². The fourth-order valence-electron chi connectivity index (χ4n) is 2.29. The van der Waals surface area contributed by atoms with Crippen LogP contribution in [0.4, 0.5) is 0 Å². The number of aromatic nitrogens is 3. The van der Waals surface area contributed by atoms with E-state index in [0.29, 0.717) is 6.54 Å². The second-order valence-corrected chi connectivity index (χ2v) is 4.71. The summed E-state index contributed by atoms with van der Waals surface area (Å²) in [5.74, 6) is 0. The third kappa shape index (κ3) is 2.33. The summed E-state index contributed by atoms with van der Waals surface area (Å²) in [5.41, 5.74) is 11.1. The molecule has 0 aliphatic heterocycles. The highest BCUT2D eigenvalue weighted by Gasteiger charge is 2.12. The van der Waals surface area contributed by atoms with Gasteiger partial charge >= 0.3 is 0 Å². The third-order valence-corrected chi connectivity index (χ3v) is 3.26. The first-order valence-corrected chi connectivity index (χ1v) is 6.51. The van der Waals surface area contributed by atoms with Gasteiger partial charge in [0.05, 0.1) is 0 Å². The van der Waals surface area contributed by atoms with Gasteiger partial charge in [0, 0.05) is 43.3 Å². The maximum Gasteiger partial charge on any atom is 0.100 e. The van der Waals surface area contributed by atoms with Crippen molar-refractivity contribution in [2.24, 2.45) is 12.8 Å². The fourth-order valence-corrected chi connectivity index (χ4v) is 2.29. The first kappa shape index (κ1) is 12.6. The predicted molar refractivity (Wildman–Crippen MR) is 79.8 cm³/mol. The zero-order valence-corrected chi connectivity index (χ0v) is 11.3. The van der Waals surface area contributed by atoms with Crippen LogP contribution in [0.3, 0.4) is 0 Å². The monoisotopic (exact) mass is 264 g/mol. The summed E-state index contributed by atoms with van der Waals surface area (Å²) in [6.07, 6.45) is 5.62. The Morgan fingerprint density at radius 3 is 2.65 bits per heavy atom. The van der Waals surface area contributed by atoms with E-state index in [4.69, 9.17) is 5.73 Å². The molecule has 3 aromatic rings. The SMILES string of the molecule is Cn1cc(-c2ccncc2)c(-c2cccc(CN)c2)n1. The molecule has 0 saturated heterocycles. The lowest BCUT2D eigenvalue weighted by Gasteiger charge is -2.04. The molecule has 2 heterocycles. The number of nitrogens with two attached hydrogens (primary N) is 1. The molecule has 0 saturated carbocycles. The van der Waals surface area contributed by atoms with Crippen LogP contribution in [0.2, 0.25) is 0 Å². The highest BCUT2D eigenvalue weighted by Crippen LogP contribution is 2.30. The van der Waals surface area contributed by atoms with Crippen LogP contribution in [0.15, 0.2) is 55.0 Å². The lowest BCUT2D eigenvalue weighted by atomic mass is 10.0. The van der Waals surface area contributed by atoms with E-state index in [1.807, 2.05) is 42.2 Å². The maximum atomic E-state index is 5.72. The molecular formula is C16H16N4. The largest absolute Gasteiger partial charge is 0.326 e. The number of pyridine rings is 1. The zero-order chi connectivity index (χ0) is 13.9. The average molecular weight is 264 g/mol. The maximum absolute atomic E-state index is 5.72. The highest BCUT2D eigenvalue weighted by molar-refractivity contribution is 5.80. The molecule has 0 spiro atoms. The Morgan fingerprint density at radius 1 is 1.10 bits per heavy atom. The molecule has 0 amide bonds. The molecule has 4 heteroatoms. The lowest BCUT2D eigenvalue weighted by Crippen LogP contribution is -1.96. The normalized spacial score (nSPS) is 10.7. The fraction of sp³-hybridized carbons (Fsp3) is 0.125. The Hall–Kier alpha value is -2.46. The number of benzene rings is 1. The molecule has 100 valence electrons. The summed E-state index contributed by atoms with van der Waals surface area (Å²) in [5, 5.41) is 4.59. The zero-order valence-electron chi connectivity index (χ0n) is 11.3. The van der Waals surface area contributed by atoms with Crippen molar-refractivity contribution >= 4 is 0 Å². The van der Waals surface area contributed by atoms with E-state index in [1.165, 1.54) is 0 Å². The van der Waals surface area contributed by atoms with Gasteiger partial charge in [-0.25, -0.2) is 0 Å². The molecule has 2 aromatic heterocycles. The minimum absolute atomic E-state index is 0.533. The van der Waals surface area contributed by atoms with E-state index < -0.39 is 0 Å². The van der Waals surface area contributed by atoms with Crippen LogP contribution < -0.4 is 5.73 Å². The second-order valence-electron chi connectivity index (χ2n) is 4.71. The molecule has 3 rings (SSSR count). The molecule has 0 fully saturated rings. The van der Waals surface area contributed by atoms with E-state index in [2.05, 4.69) is 22.2 Å². The van der Waals surface area contributed by atoms with Crippen LogP contribution >= 0.6 is 0 Å². The Kier molecular flexibility index (Phi) is 3.31. The molecule has 4 nitrogen and oxygen atoms in total. The molecule has 1 aromatic carbocycles. The van der Waals surface area contributed by atoms with Crippen molar-refractivity contribution in [1.29, 1.82) is 0 Å². The first-order valence-electron chi connectivity index (χ1n) is 6.51. The summed E-state index contributed by atoms with van der Waals surface area (Å²) in [6, 6.07) is 12.2. The van der Waals surface area contributed by atoms with E-state index in [9.17, 15) is 0 Å². The van der Waals surface area contributed by atoms with E-state index in [-0.39, 0.29) is 0 Å². The van der Waals surface area contributed by atoms with Crippen molar-refractivity contribution in [1.82, 2.24) is 14.8 Å². The Morgan fingerprint density at radius 2 is 1.90 bits per heavy atom. The van der Waals surface area contributed by atoms with Gasteiger partial charge in [-0.3, -0.25) is 9.67 Å². The number of nitrogens with zero attached hydrogens (tertiary/aromatic N) is 3. The van der Waals surface area contributed by atoms with Crippen molar-refractivity contribution in [3.05, 3.63) is 60.6 Å². The highest BCUT2D eigenvalue weighted by atomic mass is 15.2. The van der Waals surface area contributed by atoms with Gasteiger partial charge in [0.2, 0.25) is 0 Å². The van der Waals surface area contributed by atoms with Crippen LogP contribution in [-0.4, -0.2) is 14.8 Å². The Labute approximate surface area is 117 Å². The molecule has 0 aliphatic rings. The molecule has 0 bridgehead atoms. The molecule has 0 atom stereocenters. The van der Waals surface area contributed by atoms with Crippen molar-refractivity contribution in [2.75, 3.05) is 0 Å². The number of aryl methyl sites for hydroxylation is 1. The van der Waals surface area contributed by atoms with Crippen molar-refractivity contribution in [2.45, 2.75) is 6.54 Å². The van der Waals surface area contributed by atoms with Crippen LogP contribution in [0.1, 0.15) is 5.56 Å². The van der Waals surface area contributed by atoms with Gasteiger partial charge in [-0.2, -0.15) is 5.10 Å². The molecule has 2 N–H and O–H groups in total. The predicted octanol–water partition coefficient (Wildman–Crippen LogP) is 2.61. The van der Waals surface area contributed by atoms with E-state index in [1.54, 1.807) is 12.4 Å². The lowest BCUT2D eigenvalue weighted by molar-refractivity contribution is 0.771. The smallest absolute Gasteiger partial charge is 0.100 e. The third-order valence-electron chi connectivity index (χ3n) is 3.26. The summed E-state index contributed by atoms with van der Waals surface area (Å²) < 4.78 is 1.83. The molecular weight excluding hydrogens is 248 g/mol. The molecule has 0 radical (unpaired) electrons. The minimum atomic E-state index is 0.533. The molecule has 0 aliphatic carbocycles. The van der Waals surface area contributed by atoms with E-state index >= 15 is 0 Å². The van der Waals surface area contributed by atoms with E-state index in [0.717, 1.165) is 27.9 Å². The summed E-state index contributed by atoms with van der Waals surface area (Å²) in [7, 11) is 1.93. The second kappa shape index (κ2) is 5.27. The van der Waals surface area contributed by atoms with Crippen molar-refractivity contribution < 1.29 is 0 Å². The summed E-state index contributed by atoms with van der Waals surface area (Å²) >= 11 is 0. The topological polar surface area (TPSA) is 56.7 Å². The molecule has 20 heavy (non-hydrogen) atoms. The van der Waals surface area contributed by atoms with Gasteiger partial charge in [0.1, 0.15) is 5.69 Å². The Bertz CT molecular complexity index is 716. The first-order chi connectivity index (χ1) is 9.78. The number of hydrogen-bond donors (Lipinski definition) is 1. The summed E-state index contributed by atoms with van der Waals surface area (Å²) in [6.45, 7) is 0.533. The number of rotatable bonds is 3. The van der Waals surface area contributed by atoms with Crippen molar-refractivity contribution in [3.8, 4) is 22.4 Å². The van der Waals surface area contributed by atoms with Crippen LogP contribution in [0, 0.1) is 0 Å². The quantitative estimate of drug-likeness (QED) is 0.791. The standard InChI is InChI=1S/C16H16N4/c1-20-11-15(13-5-7-18-8-6-13)16(19-20)14-4-2-3-12(9-14)10-17/h2-9,11H,10,17H2,1H3. The van der Waals surface area contributed by atoms with Gasteiger partial charge in [-0.05, 0) is 29.3 Å². The molecule has 0 unspecified atom stereocenters. The van der Waals surface area contributed by atoms with Gasteiger partial charge in [0.15, 0.2) is 0 Å². The minimum Gasteiger partial charge on any atom is -0.326 e. The Balaban J connectivity index is 2.14. The van der Waals surface area contributed by atoms with Crippen molar-refractivity contribution in [3.63, 3.8) is 0 Å².